The Balaban J connectivity index is 1.42. The number of fused-ring (bicyclic) bond motifs is 5. The first kappa shape index (κ1) is 22.2. The summed E-state index contributed by atoms with van der Waals surface area (Å²) in [5, 5.41) is 13.8. The fourth-order valence-electron chi connectivity index (χ4n) is 4.38. The summed E-state index contributed by atoms with van der Waals surface area (Å²) in [5.41, 5.74) is 2.93. The number of benzene rings is 1. The number of carbonyl (C=O) groups excluding carboxylic acids is 1. The lowest BCUT2D eigenvalue weighted by Gasteiger charge is -2.17. The van der Waals surface area contributed by atoms with E-state index in [4.69, 9.17) is 9.72 Å². The van der Waals surface area contributed by atoms with Crippen molar-refractivity contribution in [3.63, 3.8) is 0 Å². The Morgan fingerprint density at radius 3 is 2.97 bits per heavy atom. The number of rotatable bonds is 7. The van der Waals surface area contributed by atoms with Crippen LogP contribution in [0.25, 0.3) is 15.9 Å². The highest BCUT2D eigenvalue weighted by atomic mass is 32.2. The summed E-state index contributed by atoms with van der Waals surface area (Å²) in [4.78, 5) is 20.2. The first-order valence-corrected chi connectivity index (χ1v) is 13.2. The maximum atomic E-state index is 12.7. The summed E-state index contributed by atoms with van der Waals surface area (Å²) in [6, 6.07) is 7.47. The molecule has 4 aromatic rings. The predicted molar refractivity (Wildman–Crippen MR) is 134 cm³/mol. The highest BCUT2D eigenvalue weighted by molar-refractivity contribution is 7.99. The number of thiophene rings is 1. The highest BCUT2D eigenvalue weighted by Crippen LogP contribution is 2.39. The minimum Gasteiger partial charge on any atom is -0.492 e. The summed E-state index contributed by atoms with van der Waals surface area (Å²) >= 11 is 3.19. The number of nitrogens with zero attached hydrogens (tertiary/aromatic N) is 4. The normalized spacial score (nSPS) is 15.7. The van der Waals surface area contributed by atoms with Crippen LogP contribution in [0.15, 0.2) is 29.4 Å². The third kappa shape index (κ3) is 4.19. The Morgan fingerprint density at radius 1 is 1.30 bits per heavy atom. The Kier molecular flexibility index (Phi) is 6.25. The zero-order valence-corrected chi connectivity index (χ0v) is 20.7. The van der Waals surface area contributed by atoms with Crippen LogP contribution >= 0.6 is 23.1 Å². The molecule has 1 unspecified atom stereocenters. The van der Waals surface area contributed by atoms with E-state index in [1.165, 1.54) is 28.6 Å². The molecule has 1 N–H and O–H groups in total. The van der Waals surface area contributed by atoms with E-state index in [-0.39, 0.29) is 11.7 Å². The fourth-order valence-corrected chi connectivity index (χ4v) is 6.52. The maximum absolute atomic E-state index is 12.7. The largest absolute Gasteiger partial charge is 0.492 e. The Hall–Kier alpha value is -2.65. The summed E-state index contributed by atoms with van der Waals surface area (Å²) in [5.74, 6) is 2.42. The minimum atomic E-state index is -0.113. The number of para-hydroxylation sites is 2. The van der Waals surface area contributed by atoms with E-state index < -0.39 is 0 Å². The predicted octanol–water partition coefficient (Wildman–Crippen LogP) is 5.16. The molecule has 5 rings (SSSR count). The number of amides is 1. The van der Waals surface area contributed by atoms with Crippen molar-refractivity contribution in [2.45, 2.75) is 51.6 Å². The number of anilines is 1. The van der Waals surface area contributed by atoms with Crippen molar-refractivity contribution in [3.8, 4) is 5.75 Å². The van der Waals surface area contributed by atoms with Gasteiger partial charge in [0.2, 0.25) is 5.91 Å². The third-order valence-corrected chi connectivity index (χ3v) is 8.03. The van der Waals surface area contributed by atoms with Crippen LogP contribution in [0.3, 0.4) is 0 Å². The molecule has 0 saturated carbocycles. The van der Waals surface area contributed by atoms with Crippen molar-refractivity contribution in [1.29, 1.82) is 0 Å². The lowest BCUT2D eigenvalue weighted by atomic mass is 9.89. The molecule has 0 spiro atoms. The molecule has 1 aromatic carbocycles. The lowest BCUT2D eigenvalue weighted by molar-refractivity contribution is -0.113. The standard InChI is InChI=1S/C24H27N5O2S2/c1-4-19-26-23-21(15-11-10-14(3)12-18(15)33-23)22-27-28-24(29(19)22)32-13-20(30)25-16-8-6-7-9-17(16)31-5-2/h6-9,14H,4-5,10-13H2,1-3H3,(H,25,30). The van der Waals surface area contributed by atoms with E-state index >= 15 is 0 Å². The van der Waals surface area contributed by atoms with Gasteiger partial charge < -0.3 is 10.1 Å². The van der Waals surface area contributed by atoms with Gasteiger partial charge in [-0.15, -0.1) is 21.5 Å². The molecule has 3 aromatic heterocycles. The molecule has 1 aliphatic rings. The van der Waals surface area contributed by atoms with Crippen molar-refractivity contribution < 1.29 is 9.53 Å². The van der Waals surface area contributed by atoms with Gasteiger partial charge in [0, 0.05) is 11.3 Å². The second-order valence-electron chi connectivity index (χ2n) is 8.32. The van der Waals surface area contributed by atoms with Crippen LogP contribution in [0.5, 0.6) is 5.75 Å². The molecule has 9 heteroatoms. The zero-order chi connectivity index (χ0) is 22.9. The van der Waals surface area contributed by atoms with E-state index in [1.54, 1.807) is 11.3 Å². The van der Waals surface area contributed by atoms with E-state index in [0.717, 1.165) is 41.0 Å². The molecular formula is C24H27N5O2S2. The van der Waals surface area contributed by atoms with Crippen LogP contribution in [-0.2, 0) is 24.1 Å². The molecule has 0 fully saturated rings. The van der Waals surface area contributed by atoms with Crippen molar-refractivity contribution in [1.82, 2.24) is 19.6 Å². The van der Waals surface area contributed by atoms with Gasteiger partial charge in [0.15, 0.2) is 10.8 Å². The third-order valence-electron chi connectivity index (χ3n) is 5.95. The van der Waals surface area contributed by atoms with Crippen molar-refractivity contribution in [3.05, 3.63) is 40.5 Å². The highest BCUT2D eigenvalue weighted by Gasteiger charge is 2.25. The number of carbonyl (C=O) groups is 1. The monoisotopic (exact) mass is 481 g/mol. The van der Waals surface area contributed by atoms with Gasteiger partial charge in [-0.3, -0.25) is 9.20 Å². The molecule has 33 heavy (non-hydrogen) atoms. The number of hydrogen-bond acceptors (Lipinski definition) is 7. The Labute approximate surface area is 201 Å². The minimum absolute atomic E-state index is 0.113. The van der Waals surface area contributed by atoms with Gasteiger partial charge in [-0.1, -0.05) is 37.7 Å². The lowest BCUT2D eigenvalue weighted by Crippen LogP contribution is -2.15. The molecule has 1 atom stereocenters. The fraction of sp³-hybridized carbons (Fsp3) is 0.417. The van der Waals surface area contributed by atoms with E-state index in [2.05, 4.69) is 29.4 Å². The summed E-state index contributed by atoms with van der Waals surface area (Å²) < 4.78 is 7.65. The van der Waals surface area contributed by atoms with Crippen molar-refractivity contribution in [2.24, 2.45) is 5.92 Å². The number of hydrogen-bond donors (Lipinski definition) is 1. The molecule has 0 bridgehead atoms. The zero-order valence-electron chi connectivity index (χ0n) is 19.1. The Morgan fingerprint density at radius 2 is 2.15 bits per heavy atom. The topological polar surface area (TPSA) is 81.4 Å². The van der Waals surface area contributed by atoms with Gasteiger partial charge in [0.1, 0.15) is 16.4 Å². The van der Waals surface area contributed by atoms with Gasteiger partial charge >= 0.3 is 0 Å². The van der Waals surface area contributed by atoms with Crippen LogP contribution in [0, 0.1) is 5.92 Å². The SMILES string of the molecule is CCOc1ccccc1NC(=O)CSc1nnc2c3c4c(sc3nc(CC)n12)CC(C)CC4. The molecule has 3 heterocycles. The van der Waals surface area contributed by atoms with E-state index in [0.29, 0.717) is 29.1 Å². The quantitative estimate of drug-likeness (QED) is 0.368. The van der Waals surface area contributed by atoms with Crippen molar-refractivity contribution >= 4 is 50.6 Å². The number of aryl methyl sites for hydroxylation is 2. The Bertz CT molecular complexity index is 1330. The van der Waals surface area contributed by atoms with Crippen LogP contribution < -0.4 is 10.1 Å². The summed E-state index contributed by atoms with van der Waals surface area (Å²) in [7, 11) is 0. The first-order valence-electron chi connectivity index (χ1n) is 11.4. The molecule has 0 aliphatic heterocycles. The second-order valence-corrected chi connectivity index (χ2v) is 10.3. The summed E-state index contributed by atoms with van der Waals surface area (Å²) in [6.07, 6.45) is 4.14. The first-order chi connectivity index (χ1) is 16.1. The van der Waals surface area contributed by atoms with Crippen LogP contribution in [0.2, 0.25) is 0 Å². The van der Waals surface area contributed by atoms with Gasteiger partial charge in [0.05, 0.1) is 23.4 Å². The van der Waals surface area contributed by atoms with Crippen LogP contribution in [0.1, 0.15) is 43.5 Å². The summed E-state index contributed by atoms with van der Waals surface area (Å²) in [6.45, 7) is 6.87. The van der Waals surface area contributed by atoms with Crippen LogP contribution in [-0.4, -0.2) is 37.8 Å². The molecule has 0 saturated heterocycles. The average molecular weight is 482 g/mol. The van der Waals surface area contributed by atoms with Gasteiger partial charge in [-0.2, -0.15) is 0 Å². The smallest absolute Gasteiger partial charge is 0.234 e. The maximum Gasteiger partial charge on any atom is 0.234 e. The molecule has 1 amide bonds. The number of ether oxygens (including phenoxy) is 1. The van der Waals surface area contributed by atoms with E-state index in [9.17, 15) is 4.79 Å². The molecular weight excluding hydrogens is 454 g/mol. The van der Waals surface area contributed by atoms with E-state index in [1.807, 2.05) is 35.6 Å². The number of thioether (sulfide) groups is 1. The van der Waals surface area contributed by atoms with Gasteiger partial charge in [-0.05, 0) is 49.8 Å². The molecule has 7 nitrogen and oxygen atoms in total. The van der Waals surface area contributed by atoms with Crippen molar-refractivity contribution in [2.75, 3.05) is 17.7 Å². The van der Waals surface area contributed by atoms with Gasteiger partial charge in [0.25, 0.3) is 0 Å². The second kappa shape index (κ2) is 9.30. The van der Waals surface area contributed by atoms with Gasteiger partial charge in [-0.25, -0.2) is 4.98 Å². The number of aromatic nitrogens is 4. The number of nitrogens with one attached hydrogen (secondary N) is 1. The molecule has 172 valence electrons. The molecule has 0 radical (unpaired) electrons. The average Bonchev–Trinajstić information content (AvgIpc) is 3.39. The molecule has 1 aliphatic carbocycles. The van der Waals surface area contributed by atoms with Crippen LogP contribution in [0.4, 0.5) is 5.69 Å².